The molecule has 10 heteroatoms. The molecule has 174 valence electrons. The Kier molecular flexibility index (Phi) is 5.52. The van der Waals surface area contributed by atoms with Gasteiger partial charge in [-0.15, -0.1) is 0 Å². The number of anilines is 1. The summed E-state index contributed by atoms with van der Waals surface area (Å²) in [6, 6.07) is 4.26. The summed E-state index contributed by atoms with van der Waals surface area (Å²) >= 11 is 12.3. The number of fused-ring (bicyclic) bond motifs is 1. The van der Waals surface area contributed by atoms with Crippen molar-refractivity contribution in [2.24, 2.45) is 11.8 Å². The third-order valence-corrected chi connectivity index (χ3v) is 6.64. The maximum Gasteiger partial charge on any atom is 0.166 e. The van der Waals surface area contributed by atoms with Crippen LogP contribution in [0, 0.1) is 17.7 Å². The van der Waals surface area contributed by atoms with Crippen LogP contribution in [-0.2, 0) is 16.0 Å². The van der Waals surface area contributed by atoms with Gasteiger partial charge in [-0.3, -0.25) is 4.68 Å². The van der Waals surface area contributed by atoms with E-state index < -0.39 is 18.4 Å². The van der Waals surface area contributed by atoms with Gasteiger partial charge in [-0.2, -0.15) is 5.10 Å². The van der Waals surface area contributed by atoms with Gasteiger partial charge in [-0.1, -0.05) is 23.2 Å². The van der Waals surface area contributed by atoms with Crippen LogP contribution in [0.25, 0.3) is 11.1 Å². The Morgan fingerprint density at radius 3 is 3.03 bits per heavy atom. The van der Waals surface area contributed by atoms with Crippen LogP contribution in [0.2, 0.25) is 10.0 Å². The fraction of sp³-hybridized carbons (Fsp3) is 0.391. The summed E-state index contributed by atoms with van der Waals surface area (Å²) in [7, 11) is 0. The quantitative estimate of drug-likeness (QED) is 0.478. The fourth-order valence-electron chi connectivity index (χ4n) is 4.18. The molecule has 3 aromatic rings. The highest BCUT2D eigenvalue weighted by atomic mass is 35.5. The number of hydrogen-bond donors (Lipinski definition) is 1. The first-order valence-corrected chi connectivity index (χ1v) is 11.3. The zero-order valence-electron chi connectivity index (χ0n) is 19.7. The SMILES string of the molecule is [2H]C([2H])(C1COC2OCCC21)n1cc(-c2cnc(N)c(O[C@@H](C)c3c(Cl)ccc(F)c3Cl)c2)cn1. The second kappa shape index (κ2) is 9.10. The van der Waals surface area contributed by atoms with E-state index in [2.05, 4.69) is 10.1 Å². The van der Waals surface area contributed by atoms with E-state index in [1.807, 2.05) is 0 Å². The molecule has 2 saturated heterocycles. The molecule has 0 aliphatic carbocycles. The molecule has 2 N–H and O–H groups in total. The number of ether oxygens (including phenoxy) is 3. The number of nitrogens with two attached hydrogens (primary N) is 1. The van der Waals surface area contributed by atoms with Gasteiger partial charge in [0.05, 0.1) is 27.2 Å². The molecule has 0 spiro atoms. The van der Waals surface area contributed by atoms with E-state index in [9.17, 15) is 4.39 Å². The van der Waals surface area contributed by atoms with Crippen LogP contribution in [0.3, 0.4) is 0 Å². The first-order chi connectivity index (χ1) is 16.7. The fourth-order valence-corrected chi connectivity index (χ4v) is 4.86. The van der Waals surface area contributed by atoms with Gasteiger partial charge in [0.1, 0.15) is 11.9 Å². The highest BCUT2D eigenvalue weighted by molar-refractivity contribution is 6.36. The molecular formula is C23H23Cl2FN4O3. The van der Waals surface area contributed by atoms with Crippen LogP contribution in [0.5, 0.6) is 5.75 Å². The second-order valence-corrected chi connectivity index (χ2v) is 8.84. The van der Waals surface area contributed by atoms with Gasteiger partial charge in [0.15, 0.2) is 17.9 Å². The number of nitrogen functional groups attached to an aromatic ring is 1. The van der Waals surface area contributed by atoms with Gasteiger partial charge >= 0.3 is 0 Å². The van der Waals surface area contributed by atoms with E-state index >= 15 is 0 Å². The molecule has 5 rings (SSSR count). The molecule has 2 aromatic heterocycles. The van der Waals surface area contributed by atoms with Crippen LogP contribution in [0.4, 0.5) is 10.2 Å². The minimum absolute atomic E-state index is 0.0150. The summed E-state index contributed by atoms with van der Waals surface area (Å²) in [6.45, 7) is 0.735. The van der Waals surface area contributed by atoms with Gasteiger partial charge in [0.2, 0.25) is 0 Å². The summed E-state index contributed by atoms with van der Waals surface area (Å²) < 4.78 is 49.9. The Balaban J connectivity index is 1.39. The average Bonchev–Trinajstić information content (AvgIpc) is 3.55. The Morgan fingerprint density at radius 1 is 1.33 bits per heavy atom. The van der Waals surface area contributed by atoms with Gasteiger partial charge < -0.3 is 19.9 Å². The Hall–Kier alpha value is -2.39. The molecule has 7 nitrogen and oxygen atoms in total. The third-order valence-electron chi connectivity index (χ3n) is 5.93. The topological polar surface area (TPSA) is 84.4 Å². The van der Waals surface area contributed by atoms with Crippen LogP contribution in [0.15, 0.2) is 36.8 Å². The standard InChI is InChI=1S/C23H23Cl2FN4O3/c1-12(20-17(24)2-3-18(26)21(20)25)33-19-6-13(7-28-22(19)27)14-8-29-30(9-14)10-15-11-32-23-16(15)4-5-31-23/h2-3,6-9,12,15-16,23H,4-5,10-11H2,1H3,(H2,27,28)/t12-,15?,16?,23?/m0/s1/i10D2. The lowest BCUT2D eigenvalue weighted by molar-refractivity contribution is -0.0905. The number of nitrogens with zero attached hydrogens (tertiary/aromatic N) is 3. The van der Waals surface area contributed by atoms with Gasteiger partial charge in [0, 0.05) is 52.4 Å². The largest absolute Gasteiger partial charge is 0.482 e. The Bertz CT molecular complexity index is 1260. The number of hydrogen-bond acceptors (Lipinski definition) is 6. The van der Waals surface area contributed by atoms with Crippen molar-refractivity contribution in [3.63, 3.8) is 0 Å². The van der Waals surface area contributed by atoms with Crippen molar-refractivity contribution in [1.29, 1.82) is 0 Å². The molecule has 2 aliphatic heterocycles. The maximum absolute atomic E-state index is 14.0. The zero-order valence-corrected chi connectivity index (χ0v) is 19.2. The Morgan fingerprint density at radius 2 is 2.18 bits per heavy atom. The lowest BCUT2D eigenvalue weighted by Crippen LogP contribution is -2.20. The molecule has 3 unspecified atom stereocenters. The average molecular weight is 495 g/mol. The predicted octanol–water partition coefficient (Wildman–Crippen LogP) is 5.12. The van der Waals surface area contributed by atoms with E-state index in [-0.39, 0.29) is 46.3 Å². The molecule has 33 heavy (non-hydrogen) atoms. The minimum Gasteiger partial charge on any atom is -0.482 e. The number of pyridine rings is 1. The molecule has 0 amide bonds. The molecule has 4 heterocycles. The molecule has 4 atom stereocenters. The summed E-state index contributed by atoms with van der Waals surface area (Å²) in [4.78, 5) is 4.20. The normalized spacial score (nSPS) is 24.3. The first-order valence-electron chi connectivity index (χ1n) is 11.5. The van der Waals surface area contributed by atoms with E-state index in [1.165, 1.54) is 16.8 Å². The number of aromatic nitrogens is 3. The van der Waals surface area contributed by atoms with Crippen molar-refractivity contribution in [3.05, 3.63) is 58.2 Å². The maximum atomic E-state index is 14.0. The number of halogens is 3. The lowest BCUT2D eigenvalue weighted by Gasteiger charge is -2.19. The van der Waals surface area contributed by atoms with Gasteiger partial charge in [-0.05, 0) is 31.5 Å². The Labute approximate surface area is 203 Å². The van der Waals surface area contributed by atoms with Crippen molar-refractivity contribution >= 4 is 29.0 Å². The van der Waals surface area contributed by atoms with Crippen LogP contribution < -0.4 is 10.5 Å². The summed E-state index contributed by atoms with van der Waals surface area (Å²) in [5.74, 6) is -0.627. The monoisotopic (exact) mass is 494 g/mol. The van der Waals surface area contributed by atoms with Gasteiger partial charge in [0.25, 0.3) is 0 Å². The van der Waals surface area contributed by atoms with E-state index in [4.69, 9.17) is 45.9 Å². The molecule has 0 radical (unpaired) electrons. The minimum atomic E-state index is -1.77. The van der Waals surface area contributed by atoms with Crippen LogP contribution in [0.1, 0.15) is 27.8 Å². The highest BCUT2D eigenvalue weighted by Crippen LogP contribution is 2.38. The number of benzene rings is 1. The first kappa shape index (κ1) is 20.0. The van der Waals surface area contributed by atoms with E-state index in [0.29, 0.717) is 23.3 Å². The van der Waals surface area contributed by atoms with Crippen molar-refractivity contribution < 1.29 is 21.3 Å². The summed E-state index contributed by atoms with van der Waals surface area (Å²) in [5, 5.41) is 4.43. The second-order valence-electron chi connectivity index (χ2n) is 8.06. The zero-order chi connectivity index (χ0) is 24.9. The molecule has 0 bridgehead atoms. The summed E-state index contributed by atoms with van der Waals surface area (Å²) in [6.07, 6.45) is 4.40. The molecule has 0 saturated carbocycles. The third kappa shape index (κ3) is 4.40. The smallest absolute Gasteiger partial charge is 0.166 e. The predicted molar refractivity (Wildman–Crippen MR) is 123 cm³/mol. The lowest BCUT2D eigenvalue weighted by atomic mass is 9.93. The molecule has 1 aromatic carbocycles. The molecule has 2 fully saturated rings. The number of rotatable bonds is 6. The summed E-state index contributed by atoms with van der Waals surface area (Å²) in [5.41, 5.74) is 7.56. The van der Waals surface area contributed by atoms with Crippen molar-refractivity contribution in [2.45, 2.75) is 32.2 Å². The van der Waals surface area contributed by atoms with Crippen molar-refractivity contribution in [1.82, 2.24) is 14.8 Å². The van der Waals surface area contributed by atoms with E-state index in [0.717, 1.165) is 6.42 Å². The van der Waals surface area contributed by atoms with Crippen molar-refractivity contribution in [3.8, 4) is 16.9 Å². The highest BCUT2D eigenvalue weighted by Gasteiger charge is 2.41. The van der Waals surface area contributed by atoms with Crippen LogP contribution in [-0.4, -0.2) is 34.3 Å². The molecule has 2 aliphatic rings. The van der Waals surface area contributed by atoms with E-state index in [1.54, 1.807) is 31.6 Å². The molecular weight excluding hydrogens is 470 g/mol. The van der Waals surface area contributed by atoms with Crippen LogP contribution >= 0.6 is 23.2 Å². The van der Waals surface area contributed by atoms with Crippen molar-refractivity contribution in [2.75, 3.05) is 18.9 Å². The van der Waals surface area contributed by atoms with Gasteiger partial charge in [-0.25, -0.2) is 9.37 Å².